The molecule has 17 heavy (non-hydrogen) atoms. The summed E-state index contributed by atoms with van der Waals surface area (Å²) in [7, 11) is 0. The van der Waals surface area contributed by atoms with E-state index in [1.807, 2.05) is 12.3 Å². The predicted octanol–water partition coefficient (Wildman–Crippen LogP) is 3.66. The first-order valence-corrected chi connectivity index (χ1v) is 6.28. The molecular formula is C14H21N3. The van der Waals surface area contributed by atoms with Crippen LogP contribution in [-0.2, 0) is 0 Å². The molecule has 1 aromatic carbocycles. The number of nitrogens with zero attached hydrogens (tertiary/aromatic N) is 1. The van der Waals surface area contributed by atoms with Crippen molar-refractivity contribution in [3.63, 3.8) is 0 Å². The highest BCUT2D eigenvalue weighted by atomic mass is 15.1. The van der Waals surface area contributed by atoms with Gasteiger partial charge in [-0.2, -0.15) is 5.10 Å². The number of aromatic nitrogens is 2. The molecule has 0 aliphatic rings. The van der Waals surface area contributed by atoms with Crippen LogP contribution in [0.2, 0.25) is 0 Å². The zero-order valence-corrected chi connectivity index (χ0v) is 11.0. The van der Waals surface area contributed by atoms with Crippen LogP contribution in [-0.4, -0.2) is 16.2 Å². The number of rotatable bonds is 4. The van der Waals surface area contributed by atoms with Gasteiger partial charge in [-0.25, -0.2) is 0 Å². The molecule has 2 rings (SSSR count). The fourth-order valence-electron chi connectivity index (χ4n) is 2.38. The van der Waals surface area contributed by atoms with E-state index in [9.17, 15) is 0 Å². The molecule has 0 unspecified atom stereocenters. The zero-order valence-electron chi connectivity index (χ0n) is 11.0. The maximum Gasteiger partial charge on any atom is 0.0671 e. The molecule has 3 heteroatoms. The minimum absolute atomic E-state index is 0.482. The summed E-state index contributed by atoms with van der Waals surface area (Å²) >= 11 is 0. The van der Waals surface area contributed by atoms with Crippen molar-refractivity contribution in [2.75, 3.05) is 5.32 Å². The minimum Gasteiger partial charge on any atom is -0.381 e. The van der Waals surface area contributed by atoms with Gasteiger partial charge in [-0.1, -0.05) is 33.8 Å². The Morgan fingerprint density at radius 2 is 1.82 bits per heavy atom. The molecule has 0 atom stereocenters. The average molecular weight is 231 g/mol. The summed E-state index contributed by atoms with van der Waals surface area (Å²) in [5, 5.41) is 11.9. The van der Waals surface area contributed by atoms with Crippen molar-refractivity contribution in [2.24, 2.45) is 11.8 Å². The Hall–Kier alpha value is -1.51. The van der Waals surface area contributed by atoms with E-state index in [0.717, 1.165) is 5.52 Å². The zero-order chi connectivity index (χ0) is 12.4. The average Bonchev–Trinajstić information content (AvgIpc) is 2.73. The standard InChI is InChI=1S/C14H21N3/c1-9(2)14(10(3)4)16-12-6-5-7-13-11(12)8-15-17-13/h5-10,14,16H,1-4H3,(H,15,17). The number of hydrogen-bond acceptors (Lipinski definition) is 2. The van der Waals surface area contributed by atoms with Gasteiger partial charge >= 0.3 is 0 Å². The summed E-state index contributed by atoms with van der Waals surface area (Å²) in [5.41, 5.74) is 2.25. The number of hydrogen-bond donors (Lipinski definition) is 2. The van der Waals surface area contributed by atoms with Crippen molar-refractivity contribution in [1.82, 2.24) is 10.2 Å². The lowest BCUT2D eigenvalue weighted by atomic mass is 9.93. The normalized spacial score (nSPS) is 11.9. The molecule has 3 nitrogen and oxygen atoms in total. The molecule has 92 valence electrons. The van der Waals surface area contributed by atoms with Crippen LogP contribution in [0.15, 0.2) is 24.4 Å². The molecule has 2 aromatic rings. The lowest BCUT2D eigenvalue weighted by Crippen LogP contribution is -2.31. The van der Waals surface area contributed by atoms with Gasteiger partial charge in [0, 0.05) is 17.1 Å². The van der Waals surface area contributed by atoms with Crippen LogP contribution in [0.3, 0.4) is 0 Å². The summed E-state index contributed by atoms with van der Waals surface area (Å²) in [6.07, 6.45) is 1.88. The Kier molecular flexibility index (Phi) is 3.36. The minimum atomic E-state index is 0.482. The summed E-state index contributed by atoms with van der Waals surface area (Å²) in [6, 6.07) is 6.71. The molecule has 0 aliphatic heterocycles. The SMILES string of the molecule is CC(C)C(Nc1cccc2[nH]ncc12)C(C)C. The molecule has 0 saturated carbocycles. The van der Waals surface area contributed by atoms with Gasteiger partial charge in [-0.15, -0.1) is 0 Å². The molecule has 0 amide bonds. The van der Waals surface area contributed by atoms with Crippen molar-refractivity contribution in [3.05, 3.63) is 24.4 Å². The van der Waals surface area contributed by atoms with Gasteiger partial charge in [0.05, 0.1) is 11.7 Å². The predicted molar refractivity (Wildman–Crippen MR) is 73.2 cm³/mol. The van der Waals surface area contributed by atoms with Crippen LogP contribution in [0.5, 0.6) is 0 Å². The molecule has 0 aliphatic carbocycles. The van der Waals surface area contributed by atoms with Crippen molar-refractivity contribution in [3.8, 4) is 0 Å². The van der Waals surface area contributed by atoms with Crippen LogP contribution < -0.4 is 5.32 Å². The fourth-order valence-corrected chi connectivity index (χ4v) is 2.38. The summed E-state index contributed by atoms with van der Waals surface area (Å²) < 4.78 is 0. The third-order valence-corrected chi connectivity index (χ3v) is 3.24. The second kappa shape index (κ2) is 4.78. The molecule has 1 aromatic heterocycles. The van der Waals surface area contributed by atoms with E-state index in [4.69, 9.17) is 0 Å². The van der Waals surface area contributed by atoms with Crippen molar-refractivity contribution < 1.29 is 0 Å². The van der Waals surface area contributed by atoms with Gasteiger partial charge in [-0.3, -0.25) is 5.10 Å². The Bertz CT molecular complexity index is 477. The van der Waals surface area contributed by atoms with E-state index in [2.05, 4.69) is 55.3 Å². The van der Waals surface area contributed by atoms with Crippen LogP contribution in [0.25, 0.3) is 10.9 Å². The number of fused-ring (bicyclic) bond motifs is 1. The highest BCUT2D eigenvalue weighted by Gasteiger charge is 2.17. The van der Waals surface area contributed by atoms with E-state index >= 15 is 0 Å². The fraction of sp³-hybridized carbons (Fsp3) is 0.500. The van der Waals surface area contributed by atoms with Gasteiger partial charge in [0.2, 0.25) is 0 Å². The Morgan fingerprint density at radius 1 is 1.12 bits per heavy atom. The lowest BCUT2D eigenvalue weighted by Gasteiger charge is -2.27. The Labute approximate surface area is 103 Å². The van der Waals surface area contributed by atoms with Crippen molar-refractivity contribution in [2.45, 2.75) is 33.7 Å². The lowest BCUT2D eigenvalue weighted by molar-refractivity contribution is 0.414. The molecule has 0 fully saturated rings. The monoisotopic (exact) mass is 231 g/mol. The topological polar surface area (TPSA) is 40.7 Å². The number of aromatic amines is 1. The van der Waals surface area contributed by atoms with Crippen LogP contribution >= 0.6 is 0 Å². The van der Waals surface area contributed by atoms with Gasteiger partial charge in [-0.05, 0) is 24.0 Å². The third kappa shape index (κ3) is 2.43. The first kappa shape index (κ1) is 12.0. The quantitative estimate of drug-likeness (QED) is 0.843. The van der Waals surface area contributed by atoms with Gasteiger partial charge < -0.3 is 5.32 Å². The van der Waals surface area contributed by atoms with Gasteiger partial charge in [0.15, 0.2) is 0 Å². The van der Waals surface area contributed by atoms with E-state index in [-0.39, 0.29) is 0 Å². The van der Waals surface area contributed by atoms with Crippen LogP contribution in [0.1, 0.15) is 27.7 Å². The summed E-state index contributed by atoms with van der Waals surface area (Å²) in [5.74, 6) is 1.22. The van der Waals surface area contributed by atoms with E-state index in [1.165, 1.54) is 11.1 Å². The molecule has 1 heterocycles. The van der Waals surface area contributed by atoms with Crippen LogP contribution in [0.4, 0.5) is 5.69 Å². The first-order chi connectivity index (χ1) is 8.09. The first-order valence-electron chi connectivity index (χ1n) is 6.28. The van der Waals surface area contributed by atoms with E-state index < -0.39 is 0 Å². The van der Waals surface area contributed by atoms with Crippen LogP contribution in [0, 0.1) is 11.8 Å². The van der Waals surface area contributed by atoms with Gasteiger partial charge in [0.25, 0.3) is 0 Å². The molecule has 0 saturated heterocycles. The maximum atomic E-state index is 4.09. The Balaban J connectivity index is 2.31. The second-order valence-electron chi connectivity index (χ2n) is 5.29. The molecule has 2 N–H and O–H groups in total. The highest BCUT2D eigenvalue weighted by Crippen LogP contribution is 2.25. The number of nitrogens with one attached hydrogen (secondary N) is 2. The Morgan fingerprint density at radius 3 is 2.47 bits per heavy atom. The second-order valence-corrected chi connectivity index (χ2v) is 5.29. The largest absolute Gasteiger partial charge is 0.381 e. The molecule has 0 radical (unpaired) electrons. The summed E-state index contributed by atoms with van der Waals surface area (Å²) in [4.78, 5) is 0. The third-order valence-electron chi connectivity index (χ3n) is 3.24. The van der Waals surface area contributed by atoms with E-state index in [1.54, 1.807) is 0 Å². The molecule has 0 spiro atoms. The van der Waals surface area contributed by atoms with Gasteiger partial charge in [0.1, 0.15) is 0 Å². The number of benzene rings is 1. The molecular weight excluding hydrogens is 210 g/mol. The number of H-pyrrole nitrogens is 1. The smallest absolute Gasteiger partial charge is 0.0671 e. The van der Waals surface area contributed by atoms with Crippen molar-refractivity contribution >= 4 is 16.6 Å². The number of anilines is 1. The molecule has 0 bridgehead atoms. The van der Waals surface area contributed by atoms with E-state index in [0.29, 0.717) is 17.9 Å². The maximum absolute atomic E-state index is 4.09. The highest BCUT2D eigenvalue weighted by molar-refractivity contribution is 5.90. The summed E-state index contributed by atoms with van der Waals surface area (Å²) in [6.45, 7) is 9.03. The van der Waals surface area contributed by atoms with Crippen molar-refractivity contribution in [1.29, 1.82) is 0 Å².